The highest BCUT2D eigenvalue weighted by Gasteiger charge is 2.37. The maximum absolute atomic E-state index is 12.2. The highest BCUT2D eigenvalue weighted by atomic mass is 31.2. The summed E-state index contributed by atoms with van der Waals surface area (Å²) < 4.78 is 40.6. The van der Waals surface area contributed by atoms with Crippen molar-refractivity contribution in [3.63, 3.8) is 0 Å². The highest BCUT2D eigenvalue weighted by molar-refractivity contribution is 7.46. The molecule has 0 radical (unpaired) electrons. The number of carbonyl (C=O) groups is 1. The lowest BCUT2D eigenvalue weighted by Crippen LogP contribution is -2.38. The summed E-state index contributed by atoms with van der Waals surface area (Å²) in [5.41, 5.74) is 5.36. The van der Waals surface area contributed by atoms with Gasteiger partial charge in [-0.1, -0.05) is 0 Å². The molecule has 1 aliphatic rings. The van der Waals surface area contributed by atoms with E-state index in [-0.39, 0.29) is 31.9 Å². The first-order valence-corrected chi connectivity index (χ1v) is 10.1. The van der Waals surface area contributed by atoms with Gasteiger partial charge in [0.2, 0.25) is 5.91 Å². The van der Waals surface area contributed by atoms with Gasteiger partial charge in [0, 0.05) is 27.2 Å². The summed E-state index contributed by atoms with van der Waals surface area (Å²) in [5, 5.41) is 0. The average Bonchev–Trinajstić information content (AvgIpc) is 2.93. The summed E-state index contributed by atoms with van der Waals surface area (Å²) in [7, 11) is -7.03. The van der Waals surface area contributed by atoms with Crippen molar-refractivity contribution in [3.8, 4) is 0 Å². The first-order chi connectivity index (χ1) is 11.1. The van der Waals surface area contributed by atoms with E-state index in [1.165, 1.54) is 4.90 Å². The molecule has 0 saturated carbocycles. The Balaban J connectivity index is 2.76. The summed E-state index contributed by atoms with van der Waals surface area (Å²) in [5.74, 6) is -0.295. The van der Waals surface area contributed by atoms with Crippen molar-refractivity contribution in [3.05, 3.63) is 0 Å². The molecule has 1 saturated heterocycles. The molecular weight excluding hydrogens is 366 g/mol. The monoisotopic (exact) mass is 388 g/mol. The van der Waals surface area contributed by atoms with Crippen LogP contribution in [0.2, 0.25) is 0 Å². The van der Waals surface area contributed by atoms with Gasteiger partial charge in [-0.25, -0.2) is 0 Å². The molecule has 0 aromatic heterocycles. The standard InChI is InChI=1S/C11H24N2O9P2/c1-19-23(15,16)21-8-9-6-10(22-24(17,18)20-2)7-13(9)11(14)4-3-5-12/h9-10H,3-8,12H2,1-2H3,(H,15,16)(H,17,18)/p-2/t9-,10+/m0/s1. The van der Waals surface area contributed by atoms with Crippen LogP contribution < -0.4 is 15.5 Å². The minimum atomic E-state index is -4.47. The third kappa shape index (κ3) is 6.87. The Morgan fingerprint density at radius 3 is 2.42 bits per heavy atom. The fourth-order valence-corrected chi connectivity index (χ4v) is 3.33. The first-order valence-electron chi connectivity index (χ1n) is 7.20. The Morgan fingerprint density at radius 2 is 1.88 bits per heavy atom. The van der Waals surface area contributed by atoms with Crippen molar-refractivity contribution in [1.82, 2.24) is 4.90 Å². The number of phosphoric ester groups is 2. The SMILES string of the molecule is COP(=O)([O-])OC[C@@H]1C[C@@H](OP(=O)([O-])OC)CN1C(=O)CCCN. The van der Waals surface area contributed by atoms with Crippen molar-refractivity contribution in [2.45, 2.75) is 31.4 Å². The predicted octanol–water partition coefficient (Wildman–Crippen LogP) is -1.04. The van der Waals surface area contributed by atoms with E-state index < -0.39 is 27.8 Å². The predicted molar refractivity (Wildman–Crippen MR) is 78.5 cm³/mol. The van der Waals surface area contributed by atoms with Crippen molar-refractivity contribution in [2.75, 3.05) is 33.9 Å². The largest absolute Gasteiger partial charge is 0.756 e. The zero-order valence-electron chi connectivity index (χ0n) is 13.5. The lowest BCUT2D eigenvalue weighted by atomic mass is 10.2. The van der Waals surface area contributed by atoms with Crippen LogP contribution in [0.15, 0.2) is 0 Å². The Labute approximate surface area is 140 Å². The van der Waals surface area contributed by atoms with Gasteiger partial charge in [-0.2, -0.15) is 0 Å². The highest BCUT2D eigenvalue weighted by Crippen LogP contribution is 2.42. The van der Waals surface area contributed by atoms with Gasteiger partial charge in [0.25, 0.3) is 15.6 Å². The second kappa shape index (κ2) is 9.38. The van der Waals surface area contributed by atoms with Crippen LogP contribution in [0.4, 0.5) is 0 Å². The molecule has 142 valence electrons. The van der Waals surface area contributed by atoms with Crippen molar-refractivity contribution in [2.24, 2.45) is 5.73 Å². The van der Waals surface area contributed by atoms with Crippen LogP contribution in [0.3, 0.4) is 0 Å². The lowest BCUT2D eigenvalue weighted by molar-refractivity contribution is -0.227. The Kier molecular flexibility index (Phi) is 8.47. The quantitative estimate of drug-likeness (QED) is 0.457. The molecule has 1 amide bonds. The van der Waals surface area contributed by atoms with Gasteiger partial charge in [0.1, 0.15) is 0 Å². The Bertz CT molecular complexity index is 518. The normalized spacial score (nSPS) is 26.1. The minimum absolute atomic E-state index is 0.0246. The number of carbonyl (C=O) groups excluding carboxylic acids is 1. The lowest BCUT2D eigenvalue weighted by Gasteiger charge is -2.27. The average molecular weight is 388 g/mol. The second-order valence-corrected chi connectivity index (χ2v) is 8.10. The summed E-state index contributed by atoms with van der Waals surface area (Å²) in [6.45, 7) is -0.0678. The number of hydrogen-bond donors (Lipinski definition) is 1. The Hall–Kier alpha value is -0.350. The number of nitrogens with two attached hydrogens (primary N) is 1. The van der Waals surface area contributed by atoms with Gasteiger partial charge in [-0.3, -0.25) is 13.9 Å². The molecule has 24 heavy (non-hydrogen) atoms. The topological polar surface area (TPSA) is 164 Å². The maximum Gasteiger partial charge on any atom is 0.267 e. The van der Waals surface area contributed by atoms with Crippen LogP contribution in [0, 0.1) is 0 Å². The minimum Gasteiger partial charge on any atom is -0.756 e. The summed E-state index contributed by atoms with van der Waals surface area (Å²) in [6.07, 6.45) is -0.172. The first kappa shape index (κ1) is 21.7. The van der Waals surface area contributed by atoms with E-state index in [1.807, 2.05) is 0 Å². The number of amides is 1. The maximum atomic E-state index is 12.2. The molecule has 2 unspecified atom stereocenters. The van der Waals surface area contributed by atoms with Gasteiger partial charge < -0.3 is 38.5 Å². The van der Waals surface area contributed by atoms with Gasteiger partial charge in [0.05, 0.1) is 18.8 Å². The van der Waals surface area contributed by atoms with Crippen molar-refractivity contribution >= 4 is 21.6 Å². The zero-order chi connectivity index (χ0) is 18.4. The van der Waals surface area contributed by atoms with E-state index in [4.69, 9.17) is 10.3 Å². The van der Waals surface area contributed by atoms with E-state index in [2.05, 4.69) is 13.6 Å². The van der Waals surface area contributed by atoms with Crippen molar-refractivity contribution < 1.29 is 41.8 Å². The summed E-state index contributed by atoms with van der Waals surface area (Å²) in [4.78, 5) is 36.2. The van der Waals surface area contributed by atoms with Gasteiger partial charge in [0.15, 0.2) is 0 Å². The van der Waals surface area contributed by atoms with Crippen LogP contribution in [0.1, 0.15) is 19.3 Å². The van der Waals surface area contributed by atoms with Gasteiger partial charge in [-0.15, -0.1) is 0 Å². The van der Waals surface area contributed by atoms with E-state index in [0.717, 1.165) is 14.2 Å². The molecule has 0 spiro atoms. The molecule has 2 N–H and O–H groups in total. The summed E-state index contributed by atoms with van der Waals surface area (Å²) >= 11 is 0. The smallest absolute Gasteiger partial charge is 0.267 e. The number of hydrogen-bond acceptors (Lipinski definition) is 10. The van der Waals surface area contributed by atoms with Gasteiger partial charge in [-0.05, 0) is 19.4 Å². The van der Waals surface area contributed by atoms with Crippen LogP contribution >= 0.6 is 15.6 Å². The molecule has 4 atom stereocenters. The third-order valence-electron chi connectivity index (χ3n) is 3.44. The van der Waals surface area contributed by atoms with E-state index in [1.54, 1.807) is 0 Å². The summed E-state index contributed by atoms with van der Waals surface area (Å²) in [6, 6.07) is -0.672. The number of phosphoric acid groups is 2. The van der Waals surface area contributed by atoms with Gasteiger partial charge >= 0.3 is 0 Å². The fourth-order valence-electron chi connectivity index (χ4n) is 2.27. The molecule has 0 aliphatic carbocycles. The molecule has 1 fully saturated rings. The Morgan fingerprint density at radius 1 is 1.25 bits per heavy atom. The van der Waals surface area contributed by atoms with Crippen LogP contribution in [-0.4, -0.2) is 56.9 Å². The molecule has 0 bridgehead atoms. The molecular formula is C11H22N2O9P2-2. The van der Waals surface area contributed by atoms with Crippen LogP contribution in [0.5, 0.6) is 0 Å². The molecule has 0 aromatic carbocycles. The molecule has 1 rings (SSSR count). The molecule has 11 nitrogen and oxygen atoms in total. The van der Waals surface area contributed by atoms with E-state index >= 15 is 0 Å². The van der Waals surface area contributed by atoms with E-state index in [0.29, 0.717) is 13.0 Å². The number of likely N-dealkylation sites (tertiary alicyclic amines) is 1. The molecule has 0 aromatic rings. The molecule has 13 heteroatoms. The third-order valence-corrected chi connectivity index (χ3v) is 5.36. The molecule has 1 heterocycles. The van der Waals surface area contributed by atoms with Crippen LogP contribution in [0.25, 0.3) is 0 Å². The fraction of sp³-hybridized carbons (Fsp3) is 0.909. The number of rotatable bonds is 10. The second-order valence-electron chi connectivity index (χ2n) is 5.11. The van der Waals surface area contributed by atoms with Crippen molar-refractivity contribution in [1.29, 1.82) is 0 Å². The van der Waals surface area contributed by atoms with E-state index in [9.17, 15) is 23.7 Å². The van der Waals surface area contributed by atoms with Crippen LogP contribution in [-0.2, 0) is 32.0 Å². The molecule has 1 aliphatic heterocycles. The zero-order valence-corrected chi connectivity index (χ0v) is 15.3. The number of nitrogens with zero attached hydrogens (tertiary/aromatic N) is 1.